The van der Waals surface area contributed by atoms with Gasteiger partial charge in [0.25, 0.3) is 0 Å². The van der Waals surface area contributed by atoms with Crippen LogP contribution in [0.4, 0.5) is 5.69 Å². The number of aryl methyl sites for hydroxylation is 2. The van der Waals surface area contributed by atoms with Crippen molar-refractivity contribution >= 4 is 17.7 Å². The van der Waals surface area contributed by atoms with E-state index >= 15 is 0 Å². The van der Waals surface area contributed by atoms with Gasteiger partial charge in [0.05, 0.1) is 23.3 Å². The number of carbonyl (C=O) groups is 1. The smallest absolute Gasteiger partial charge is 0.248 e. The number of rotatable bonds is 3. The minimum atomic E-state index is -0.203. The van der Waals surface area contributed by atoms with Gasteiger partial charge in [0.15, 0.2) is 0 Å². The summed E-state index contributed by atoms with van der Waals surface area (Å²) in [6.45, 7) is 3.77. The molecule has 1 amide bonds. The van der Waals surface area contributed by atoms with Crippen LogP contribution in [0.5, 0.6) is 0 Å². The SMILES string of the molecule is Cc1nn(C)c(C)c1NC(=O)C=Cc1ccco1. The standard InChI is InChI=1S/C13H15N3O2/c1-9-13(10(2)16(3)15-9)14-12(17)7-6-11-5-4-8-18-11/h4-8H,1-3H3,(H,14,17). The molecule has 0 aliphatic carbocycles. The van der Waals surface area contributed by atoms with Crippen LogP contribution in [-0.4, -0.2) is 15.7 Å². The Morgan fingerprint density at radius 3 is 2.83 bits per heavy atom. The molecule has 0 bridgehead atoms. The van der Waals surface area contributed by atoms with Crippen LogP contribution in [0.25, 0.3) is 6.08 Å². The van der Waals surface area contributed by atoms with Crippen molar-refractivity contribution in [1.82, 2.24) is 9.78 Å². The van der Waals surface area contributed by atoms with Gasteiger partial charge in [-0.15, -0.1) is 0 Å². The highest BCUT2D eigenvalue weighted by atomic mass is 16.3. The molecule has 0 aliphatic heterocycles. The molecule has 0 unspecified atom stereocenters. The summed E-state index contributed by atoms with van der Waals surface area (Å²) >= 11 is 0. The first-order valence-electron chi connectivity index (χ1n) is 5.60. The fourth-order valence-electron chi connectivity index (χ4n) is 1.66. The van der Waals surface area contributed by atoms with Crippen molar-refractivity contribution in [2.45, 2.75) is 13.8 Å². The zero-order chi connectivity index (χ0) is 13.1. The van der Waals surface area contributed by atoms with Gasteiger partial charge in [0.1, 0.15) is 5.76 Å². The van der Waals surface area contributed by atoms with Crippen LogP contribution in [-0.2, 0) is 11.8 Å². The normalized spacial score (nSPS) is 11.1. The molecule has 1 N–H and O–H groups in total. The zero-order valence-corrected chi connectivity index (χ0v) is 10.6. The fourth-order valence-corrected chi connectivity index (χ4v) is 1.66. The molecule has 0 radical (unpaired) electrons. The van der Waals surface area contributed by atoms with Crippen molar-refractivity contribution in [3.05, 3.63) is 41.6 Å². The summed E-state index contributed by atoms with van der Waals surface area (Å²) in [7, 11) is 1.84. The van der Waals surface area contributed by atoms with Gasteiger partial charge >= 0.3 is 0 Å². The highest BCUT2D eigenvalue weighted by molar-refractivity contribution is 6.02. The van der Waals surface area contributed by atoms with E-state index in [0.717, 1.165) is 17.1 Å². The zero-order valence-electron chi connectivity index (χ0n) is 10.6. The summed E-state index contributed by atoms with van der Waals surface area (Å²) in [4.78, 5) is 11.7. The third-order valence-corrected chi connectivity index (χ3v) is 2.70. The number of anilines is 1. The quantitative estimate of drug-likeness (QED) is 0.844. The summed E-state index contributed by atoms with van der Waals surface area (Å²) in [5.74, 6) is 0.440. The largest absolute Gasteiger partial charge is 0.465 e. The molecule has 2 aromatic heterocycles. The Hall–Kier alpha value is -2.30. The topological polar surface area (TPSA) is 60.1 Å². The van der Waals surface area contributed by atoms with Gasteiger partial charge in [-0.25, -0.2) is 0 Å². The molecule has 5 nitrogen and oxygen atoms in total. The molecule has 0 fully saturated rings. The Morgan fingerprint density at radius 2 is 2.28 bits per heavy atom. The first-order chi connectivity index (χ1) is 8.58. The number of aromatic nitrogens is 2. The molecule has 94 valence electrons. The second kappa shape index (κ2) is 4.91. The number of furan rings is 1. The summed E-state index contributed by atoms with van der Waals surface area (Å²) < 4.78 is 6.84. The second-order valence-corrected chi connectivity index (χ2v) is 4.01. The predicted octanol–water partition coefficient (Wildman–Crippen LogP) is 2.28. The van der Waals surface area contributed by atoms with E-state index in [0.29, 0.717) is 5.76 Å². The Balaban J connectivity index is 2.08. The van der Waals surface area contributed by atoms with Crippen LogP contribution in [0.1, 0.15) is 17.1 Å². The van der Waals surface area contributed by atoms with Gasteiger partial charge in [-0.2, -0.15) is 5.10 Å². The molecule has 18 heavy (non-hydrogen) atoms. The Morgan fingerprint density at radius 1 is 1.50 bits per heavy atom. The number of carbonyl (C=O) groups excluding carboxylic acids is 1. The van der Waals surface area contributed by atoms with Crippen molar-refractivity contribution in [3.8, 4) is 0 Å². The van der Waals surface area contributed by atoms with Crippen LogP contribution in [0.3, 0.4) is 0 Å². The lowest BCUT2D eigenvalue weighted by Crippen LogP contribution is -2.09. The molecule has 2 heterocycles. The first kappa shape index (κ1) is 12.2. The van der Waals surface area contributed by atoms with Gasteiger partial charge in [-0.05, 0) is 32.1 Å². The van der Waals surface area contributed by atoms with Crippen LogP contribution in [0, 0.1) is 13.8 Å². The minimum Gasteiger partial charge on any atom is -0.465 e. The molecule has 5 heteroatoms. The molecule has 2 aromatic rings. The molecular weight excluding hydrogens is 230 g/mol. The maximum absolute atomic E-state index is 11.7. The number of hydrogen-bond acceptors (Lipinski definition) is 3. The highest BCUT2D eigenvalue weighted by Gasteiger charge is 2.10. The lowest BCUT2D eigenvalue weighted by molar-refractivity contribution is -0.111. The average Bonchev–Trinajstić information content (AvgIpc) is 2.92. The lowest BCUT2D eigenvalue weighted by Gasteiger charge is -2.01. The third kappa shape index (κ3) is 2.51. The molecule has 0 saturated heterocycles. The fraction of sp³-hybridized carbons (Fsp3) is 0.231. The molecule has 0 aromatic carbocycles. The molecule has 0 saturated carbocycles. The van der Waals surface area contributed by atoms with Gasteiger partial charge in [-0.1, -0.05) is 0 Å². The molecule has 0 spiro atoms. The van der Waals surface area contributed by atoms with Gasteiger partial charge in [0.2, 0.25) is 5.91 Å². The van der Waals surface area contributed by atoms with Crippen molar-refractivity contribution in [2.75, 3.05) is 5.32 Å². The highest BCUT2D eigenvalue weighted by Crippen LogP contribution is 2.18. The lowest BCUT2D eigenvalue weighted by atomic mass is 10.3. The van der Waals surface area contributed by atoms with E-state index in [1.807, 2.05) is 20.9 Å². The van der Waals surface area contributed by atoms with E-state index in [2.05, 4.69) is 10.4 Å². The monoisotopic (exact) mass is 245 g/mol. The summed E-state index contributed by atoms with van der Waals surface area (Å²) in [5.41, 5.74) is 2.48. The maximum atomic E-state index is 11.7. The van der Waals surface area contributed by atoms with E-state index in [-0.39, 0.29) is 5.91 Å². The van der Waals surface area contributed by atoms with E-state index in [4.69, 9.17) is 4.42 Å². The van der Waals surface area contributed by atoms with E-state index in [1.54, 1.807) is 29.2 Å². The molecule has 2 rings (SSSR count). The number of nitrogens with one attached hydrogen (secondary N) is 1. The predicted molar refractivity (Wildman–Crippen MR) is 69.1 cm³/mol. The Bertz CT molecular complexity index is 580. The van der Waals surface area contributed by atoms with Crippen molar-refractivity contribution in [1.29, 1.82) is 0 Å². The third-order valence-electron chi connectivity index (χ3n) is 2.70. The first-order valence-corrected chi connectivity index (χ1v) is 5.60. The summed E-state index contributed by atoms with van der Waals surface area (Å²) in [5, 5.41) is 7.04. The molecular formula is C13H15N3O2. The van der Waals surface area contributed by atoms with Crippen molar-refractivity contribution in [2.24, 2.45) is 7.05 Å². The van der Waals surface area contributed by atoms with Gasteiger partial charge in [0, 0.05) is 13.1 Å². The van der Waals surface area contributed by atoms with Crippen LogP contribution in [0.2, 0.25) is 0 Å². The van der Waals surface area contributed by atoms with Crippen LogP contribution >= 0.6 is 0 Å². The van der Waals surface area contributed by atoms with Crippen molar-refractivity contribution in [3.63, 3.8) is 0 Å². The van der Waals surface area contributed by atoms with Gasteiger partial charge < -0.3 is 9.73 Å². The molecule has 0 aliphatic rings. The summed E-state index contributed by atoms with van der Waals surface area (Å²) in [6.07, 6.45) is 4.62. The minimum absolute atomic E-state index is 0.203. The number of nitrogens with zero attached hydrogens (tertiary/aromatic N) is 2. The van der Waals surface area contributed by atoms with Crippen molar-refractivity contribution < 1.29 is 9.21 Å². The van der Waals surface area contributed by atoms with E-state index in [9.17, 15) is 4.79 Å². The second-order valence-electron chi connectivity index (χ2n) is 4.01. The number of hydrogen-bond donors (Lipinski definition) is 1. The molecule has 0 atom stereocenters. The Kier molecular flexibility index (Phi) is 3.32. The maximum Gasteiger partial charge on any atom is 0.248 e. The summed E-state index contributed by atoms with van der Waals surface area (Å²) in [6, 6.07) is 3.55. The van der Waals surface area contributed by atoms with Crippen LogP contribution in [0.15, 0.2) is 28.9 Å². The van der Waals surface area contributed by atoms with Crippen LogP contribution < -0.4 is 5.32 Å². The Labute approximate surface area is 105 Å². The van der Waals surface area contributed by atoms with E-state index < -0.39 is 0 Å². The number of amides is 1. The van der Waals surface area contributed by atoms with Gasteiger partial charge in [-0.3, -0.25) is 9.48 Å². The average molecular weight is 245 g/mol. The van der Waals surface area contributed by atoms with E-state index in [1.165, 1.54) is 6.08 Å².